The molecule has 3 aromatic carbocycles. The third-order valence-electron chi connectivity index (χ3n) is 6.79. The number of hydrogen-bond acceptors (Lipinski definition) is 5. The van der Waals surface area contributed by atoms with E-state index in [1.807, 2.05) is 24.3 Å². The first-order chi connectivity index (χ1) is 16.2. The van der Waals surface area contributed by atoms with Gasteiger partial charge in [-0.05, 0) is 79.5 Å². The highest BCUT2D eigenvalue weighted by Gasteiger charge is 2.34. The number of hydrogen-bond donors (Lipinski definition) is 1. The second-order valence-electron chi connectivity index (χ2n) is 8.86. The zero-order chi connectivity index (χ0) is 22.6. The van der Waals surface area contributed by atoms with E-state index in [9.17, 15) is 5.11 Å². The molecule has 5 rings (SSSR count). The molecular weight excluding hydrogens is 414 g/mol. The molecule has 2 heterocycles. The predicted molar refractivity (Wildman–Crippen MR) is 129 cm³/mol. The summed E-state index contributed by atoms with van der Waals surface area (Å²) in [5, 5.41) is 10.1. The quantitative estimate of drug-likeness (QED) is 0.543. The van der Waals surface area contributed by atoms with Gasteiger partial charge >= 0.3 is 0 Å². The predicted octanol–water partition coefficient (Wildman–Crippen LogP) is 5.18. The number of ether oxygens (including phenoxy) is 3. The lowest BCUT2D eigenvalue weighted by Gasteiger charge is -2.34. The fraction of sp³-hybridized carbons (Fsp3) is 0.357. The lowest BCUT2D eigenvalue weighted by atomic mass is 9.76. The molecule has 1 saturated heterocycles. The molecule has 0 spiro atoms. The first-order valence-corrected chi connectivity index (χ1v) is 11.8. The van der Waals surface area contributed by atoms with Crippen molar-refractivity contribution in [3.8, 4) is 23.0 Å². The van der Waals surface area contributed by atoms with E-state index in [2.05, 4.69) is 41.3 Å². The number of nitrogens with zero attached hydrogens (tertiary/aromatic N) is 1. The van der Waals surface area contributed by atoms with E-state index in [4.69, 9.17) is 14.2 Å². The van der Waals surface area contributed by atoms with Crippen LogP contribution in [0.3, 0.4) is 0 Å². The molecule has 2 aliphatic rings. The van der Waals surface area contributed by atoms with E-state index in [1.54, 1.807) is 13.2 Å². The number of phenols is 1. The summed E-state index contributed by atoms with van der Waals surface area (Å²) in [6.45, 7) is 4.61. The summed E-state index contributed by atoms with van der Waals surface area (Å²) in [5.74, 6) is 2.99. The van der Waals surface area contributed by atoms with E-state index >= 15 is 0 Å². The number of rotatable bonds is 7. The van der Waals surface area contributed by atoms with Crippen LogP contribution in [0.15, 0.2) is 66.7 Å². The maximum atomic E-state index is 10.1. The monoisotopic (exact) mass is 445 g/mol. The van der Waals surface area contributed by atoms with Crippen LogP contribution in [0.4, 0.5) is 0 Å². The molecule has 33 heavy (non-hydrogen) atoms. The Kier molecular flexibility index (Phi) is 6.40. The number of benzene rings is 3. The Labute approximate surface area is 195 Å². The minimum absolute atomic E-state index is 0.0682. The first kappa shape index (κ1) is 21.7. The van der Waals surface area contributed by atoms with Crippen LogP contribution in [-0.2, 0) is 0 Å². The van der Waals surface area contributed by atoms with Crippen molar-refractivity contribution < 1.29 is 19.3 Å². The summed E-state index contributed by atoms with van der Waals surface area (Å²) in [7, 11) is 1.68. The third kappa shape index (κ3) is 4.79. The van der Waals surface area contributed by atoms with Gasteiger partial charge in [0.05, 0.1) is 13.7 Å². The smallest absolute Gasteiger partial charge is 0.123 e. The van der Waals surface area contributed by atoms with E-state index in [0.29, 0.717) is 13.2 Å². The van der Waals surface area contributed by atoms with Crippen molar-refractivity contribution in [1.82, 2.24) is 4.90 Å². The average molecular weight is 446 g/mol. The van der Waals surface area contributed by atoms with Gasteiger partial charge in [0.1, 0.15) is 29.6 Å². The van der Waals surface area contributed by atoms with E-state index in [0.717, 1.165) is 34.9 Å². The maximum Gasteiger partial charge on any atom is 0.123 e. The maximum absolute atomic E-state index is 10.1. The molecule has 1 N–H and O–H groups in total. The minimum atomic E-state index is 0.0682. The van der Waals surface area contributed by atoms with Crippen molar-refractivity contribution >= 4 is 0 Å². The van der Waals surface area contributed by atoms with E-state index in [-0.39, 0.29) is 17.6 Å². The van der Waals surface area contributed by atoms with Crippen LogP contribution < -0.4 is 14.2 Å². The molecule has 0 unspecified atom stereocenters. The van der Waals surface area contributed by atoms with Gasteiger partial charge in [-0.2, -0.15) is 0 Å². The summed E-state index contributed by atoms with van der Waals surface area (Å²) in [5.41, 5.74) is 3.34. The topological polar surface area (TPSA) is 51.2 Å². The SMILES string of the molecule is COc1ccc2c(c1)[C@@H](c1ccc(OCCN3CCCC3)cc1)[C@@H](c1cccc(O)c1)CO2. The van der Waals surface area contributed by atoms with E-state index < -0.39 is 0 Å². The summed E-state index contributed by atoms with van der Waals surface area (Å²) in [6.07, 6.45) is 2.60. The highest BCUT2D eigenvalue weighted by atomic mass is 16.5. The lowest BCUT2D eigenvalue weighted by Crippen LogP contribution is -2.25. The third-order valence-corrected chi connectivity index (χ3v) is 6.79. The van der Waals surface area contributed by atoms with Crippen LogP contribution in [0.25, 0.3) is 0 Å². The number of aromatic hydroxyl groups is 1. The van der Waals surface area contributed by atoms with Gasteiger partial charge < -0.3 is 19.3 Å². The Morgan fingerprint density at radius 1 is 0.939 bits per heavy atom. The molecule has 0 radical (unpaired) electrons. The zero-order valence-electron chi connectivity index (χ0n) is 19.1. The minimum Gasteiger partial charge on any atom is -0.508 e. The van der Waals surface area contributed by atoms with Crippen molar-refractivity contribution in [2.75, 3.05) is 40.0 Å². The van der Waals surface area contributed by atoms with Crippen molar-refractivity contribution in [3.63, 3.8) is 0 Å². The highest BCUT2D eigenvalue weighted by molar-refractivity contribution is 5.51. The Morgan fingerprint density at radius 2 is 1.73 bits per heavy atom. The van der Waals surface area contributed by atoms with Crippen molar-refractivity contribution in [1.29, 1.82) is 0 Å². The molecule has 0 amide bonds. The second-order valence-corrected chi connectivity index (χ2v) is 8.86. The molecule has 5 heteroatoms. The number of methoxy groups -OCH3 is 1. The molecule has 0 aliphatic carbocycles. The first-order valence-electron chi connectivity index (χ1n) is 11.8. The van der Waals surface area contributed by atoms with Crippen LogP contribution in [-0.4, -0.2) is 50.0 Å². The molecule has 2 atom stereocenters. The summed E-state index contributed by atoms with van der Waals surface area (Å²) < 4.78 is 17.7. The fourth-order valence-electron chi connectivity index (χ4n) is 5.05. The number of fused-ring (bicyclic) bond motifs is 1. The Balaban J connectivity index is 1.42. The molecule has 5 nitrogen and oxygen atoms in total. The summed E-state index contributed by atoms with van der Waals surface area (Å²) in [4.78, 5) is 2.46. The summed E-state index contributed by atoms with van der Waals surface area (Å²) in [6, 6.07) is 21.9. The van der Waals surface area contributed by atoms with Crippen molar-refractivity contribution in [3.05, 3.63) is 83.4 Å². The Hall–Kier alpha value is -3.18. The van der Waals surface area contributed by atoms with Crippen molar-refractivity contribution in [2.24, 2.45) is 0 Å². The van der Waals surface area contributed by atoms with Crippen LogP contribution >= 0.6 is 0 Å². The Morgan fingerprint density at radius 3 is 2.48 bits per heavy atom. The molecule has 0 saturated carbocycles. The van der Waals surface area contributed by atoms with Gasteiger partial charge in [0.15, 0.2) is 0 Å². The molecule has 172 valence electrons. The largest absolute Gasteiger partial charge is 0.508 e. The second kappa shape index (κ2) is 9.75. The van der Waals surface area contributed by atoms with E-state index in [1.165, 1.54) is 31.5 Å². The molecule has 1 fully saturated rings. The molecule has 0 bridgehead atoms. The normalized spacial score (nSPS) is 20.2. The van der Waals surface area contributed by atoms with Gasteiger partial charge in [-0.3, -0.25) is 4.90 Å². The molecule has 3 aromatic rings. The summed E-state index contributed by atoms with van der Waals surface area (Å²) >= 11 is 0. The van der Waals surface area contributed by atoms with Crippen molar-refractivity contribution in [2.45, 2.75) is 24.7 Å². The van der Waals surface area contributed by atoms with Gasteiger partial charge in [-0.25, -0.2) is 0 Å². The average Bonchev–Trinajstić information content (AvgIpc) is 3.37. The van der Waals surface area contributed by atoms with Gasteiger partial charge in [0.2, 0.25) is 0 Å². The number of phenolic OH excluding ortho intramolecular Hbond substituents is 1. The fourth-order valence-corrected chi connectivity index (χ4v) is 5.05. The van der Waals surface area contributed by atoms with Crippen LogP contribution in [0.1, 0.15) is 41.4 Å². The molecular formula is C28H31NO4. The van der Waals surface area contributed by atoms with Gasteiger partial charge in [0.25, 0.3) is 0 Å². The lowest BCUT2D eigenvalue weighted by molar-refractivity contribution is 0.237. The van der Waals surface area contributed by atoms with Crippen LogP contribution in [0.2, 0.25) is 0 Å². The highest BCUT2D eigenvalue weighted by Crippen LogP contribution is 2.47. The Bertz CT molecular complexity index is 1080. The van der Waals surface area contributed by atoms with Crippen LogP contribution in [0, 0.1) is 0 Å². The van der Waals surface area contributed by atoms with Gasteiger partial charge in [-0.1, -0.05) is 24.3 Å². The number of likely N-dealkylation sites (tertiary alicyclic amines) is 1. The zero-order valence-corrected chi connectivity index (χ0v) is 19.1. The van der Waals surface area contributed by atoms with Crippen LogP contribution in [0.5, 0.6) is 23.0 Å². The standard InChI is InChI=1S/C28H31NO4/c1-31-24-11-12-27-25(18-24)28(26(19-33-27)21-5-4-6-22(30)17-21)20-7-9-23(10-8-20)32-16-15-29-13-2-3-14-29/h4-12,17-18,26,28,30H,2-3,13-16,19H2,1H3/t26-,28-/m1/s1. The molecule has 0 aromatic heterocycles. The van der Waals surface area contributed by atoms with Gasteiger partial charge in [-0.15, -0.1) is 0 Å². The molecule has 2 aliphatic heterocycles. The van der Waals surface area contributed by atoms with Gasteiger partial charge in [0, 0.05) is 23.9 Å².